The molecule has 110 valence electrons. The molecule has 9 heteroatoms. The van der Waals surface area contributed by atoms with Gasteiger partial charge in [0, 0.05) is 13.5 Å². The van der Waals surface area contributed by atoms with Crippen LogP contribution in [0.3, 0.4) is 0 Å². The first kappa shape index (κ1) is 17.1. The lowest BCUT2D eigenvalue weighted by Gasteiger charge is -2.14. The number of ether oxygens (including phenoxy) is 1. The third-order valence-corrected chi connectivity index (χ3v) is 6.95. The van der Waals surface area contributed by atoms with E-state index in [4.69, 9.17) is 13.8 Å². The van der Waals surface area contributed by atoms with Gasteiger partial charge in [-0.25, -0.2) is 4.57 Å². The van der Waals surface area contributed by atoms with Gasteiger partial charge < -0.3 is 13.8 Å². The molecule has 0 aliphatic heterocycles. The molecule has 0 aliphatic carbocycles. The lowest BCUT2D eigenvalue weighted by atomic mass is 10.5. The van der Waals surface area contributed by atoms with Crippen LogP contribution in [0.1, 0.15) is 23.9 Å². The highest BCUT2D eigenvalue weighted by Gasteiger charge is 2.25. The monoisotopic (exact) mass is 326 g/mol. The van der Waals surface area contributed by atoms with E-state index in [-0.39, 0.29) is 0 Å². The van der Waals surface area contributed by atoms with Crippen LogP contribution in [0, 0.1) is 0 Å². The van der Waals surface area contributed by atoms with Crippen molar-refractivity contribution in [2.24, 2.45) is 0 Å². The third kappa shape index (κ3) is 6.33. The summed E-state index contributed by atoms with van der Waals surface area (Å²) in [6, 6.07) is 0. The Morgan fingerprint density at radius 2 is 1.84 bits per heavy atom. The number of hydrogen-bond donors (Lipinski definition) is 0. The molecule has 0 radical (unpaired) electrons. The predicted octanol–water partition coefficient (Wildman–Crippen LogP) is 3.14. The Morgan fingerprint density at radius 1 is 1.21 bits per heavy atom. The molecule has 0 spiro atoms. The zero-order valence-electron chi connectivity index (χ0n) is 11.3. The van der Waals surface area contributed by atoms with Crippen molar-refractivity contribution in [1.82, 2.24) is 10.2 Å². The summed E-state index contributed by atoms with van der Waals surface area (Å²) in [4.78, 5) is 0. The van der Waals surface area contributed by atoms with Crippen molar-refractivity contribution in [3.63, 3.8) is 0 Å². The molecule has 0 aromatic carbocycles. The van der Waals surface area contributed by atoms with E-state index in [0.29, 0.717) is 25.6 Å². The van der Waals surface area contributed by atoms with Crippen molar-refractivity contribution in [2.45, 2.75) is 26.0 Å². The summed E-state index contributed by atoms with van der Waals surface area (Å²) in [6.45, 7) is 1.86. The first-order valence-electron chi connectivity index (χ1n) is 5.97. The second-order valence-corrected chi connectivity index (χ2v) is 8.61. The molecule has 0 saturated heterocycles. The Labute approximate surface area is 121 Å². The Morgan fingerprint density at radius 3 is 2.42 bits per heavy atom. The maximum atomic E-state index is 12.2. The van der Waals surface area contributed by atoms with Gasteiger partial charge in [-0.1, -0.05) is 0 Å². The molecule has 0 aliphatic rings. The second-order valence-electron chi connectivity index (χ2n) is 3.39. The highest BCUT2D eigenvalue weighted by atomic mass is 32.7. The molecule has 1 aromatic rings. The maximum Gasteiger partial charge on any atom is 0.389 e. The molecule has 0 atom stereocenters. The smallest absolute Gasteiger partial charge is 0.384 e. The number of methoxy groups -OCH3 is 1. The van der Waals surface area contributed by atoms with Crippen molar-refractivity contribution in [3.05, 3.63) is 10.0 Å². The molecule has 0 bridgehead atoms. The molecule has 0 fully saturated rings. The number of aromatic nitrogens is 2. The van der Waals surface area contributed by atoms with Gasteiger partial charge >= 0.3 is 6.80 Å². The minimum Gasteiger partial charge on any atom is -0.384 e. The van der Waals surface area contributed by atoms with E-state index in [1.807, 2.05) is 0 Å². The summed E-state index contributed by atoms with van der Waals surface area (Å²) >= 11 is 2.65. The normalized spacial score (nSPS) is 11.9. The minimum atomic E-state index is -3.07. The summed E-state index contributed by atoms with van der Waals surface area (Å²) in [5.74, 6) is 0.474. The number of nitrogens with zero attached hydrogens (tertiary/aromatic N) is 2. The molecule has 0 saturated carbocycles. The van der Waals surface area contributed by atoms with Gasteiger partial charge in [0.2, 0.25) is 0 Å². The van der Waals surface area contributed by atoms with Crippen LogP contribution in [0.15, 0.2) is 0 Å². The van der Waals surface area contributed by atoms with E-state index in [1.54, 1.807) is 21.0 Å². The van der Waals surface area contributed by atoms with Gasteiger partial charge in [0.05, 0.1) is 25.6 Å². The van der Waals surface area contributed by atoms with Crippen LogP contribution in [-0.4, -0.2) is 37.1 Å². The van der Waals surface area contributed by atoms with Crippen LogP contribution < -0.4 is 0 Å². The molecule has 1 rings (SSSR count). The van der Waals surface area contributed by atoms with Crippen LogP contribution >= 0.6 is 29.5 Å². The number of rotatable bonds is 10. The summed E-state index contributed by atoms with van der Waals surface area (Å²) in [5, 5.41) is 9.83. The Hall–Kier alpha value is 0.0200. The molecule has 0 unspecified atom stereocenters. The van der Waals surface area contributed by atoms with Crippen molar-refractivity contribution in [3.8, 4) is 0 Å². The second kappa shape index (κ2) is 9.05. The van der Waals surface area contributed by atoms with Crippen molar-refractivity contribution >= 4 is 29.5 Å². The Balaban J connectivity index is 2.49. The van der Waals surface area contributed by atoms with E-state index >= 15 is 0 Å². The molecule has 6 nitrogen and oxygen atoms in total. The average molecular weight is 326 g/mol. The Bertz CT molecular complexity index is 406. The summed E-state index contributed by atoms with van der Waals surface area (Å²) in [5.41, 5.74) is 0. The molecule has 0 N–H and O–H groups in total. The van der Waals surface area contributed by atoms with Crippen molar-refractivity contribution in [1.29, 1.82) is 0 Å². The molecule has 1 heterocycles. The first-order chi connectivity index (χ1) is 9.13. The standard InChI is InChI=1S/C10H19N2O4PS2/c1-4-15-17(13,16-5-2)18-8-10-12-11-9(19-10)6-7-14-3/h4-8H2,1-3H3. The lowest BCUT2D eigenvalue weighted by molar-refractivity contribution is 0.202. The zero-order valence-corrected chi connectivity index (χ0v) is 13.9. The quantitative estimate of drug-likeness (QED) is 0.612. The van der Waals surface area contributed by atoms with Gasteiger partial charge in [-0.05, 0) is 25.2 Å². The van der Waals surface area contributed by atoms with E-state index < -0.39 is 6.80 Å². The largest absolute Gasteiger partial charge is 0.389 e. The summed E-state index contributed by atoms with van der Waals surface area (Å²) < 4.78 is 27.6. The van der Waals surface area contributed by atoms with E-state index in [1.165, 1.54) is 11.3 Å². The van der Waals surface area contributed by atoms with Crippen molar-refractivity contribution in [2.75, 3.05) is 26.9 Å². The van der Waals surface area contributed by atoms with Crippen LogP contribution in [0.4, 0.5) is 0 Å². The fourth-order valence-electron chi connectivity index (χ4n) is 1.20. The Kier molecular flexibility index (Phi) is 8.13. The number of hydrogen-bond acceptors (Lipinski definition) is 8. The summed E-state index contributed by atoms with van der Waals surface area (Å²) in [6.07, 6.45) is 0.743. The van der Waals surface area contributed by atoms with Crippen molar-refractivity contribution < 1.29 is 18.3 Å². The average Bonchev–Trinajstić information content (AvgIpc) is 2.83. The van der Waals surface area contributed by atoms with E-state index in [0.717, 1.165) is 27.8 Å². The minimum absolute atomic E-state index is 0.361. The van der Waals surface area contributed by atoms with Gasteiger partial charge in [0.15, 0.2) is 0 Å². The predicted molar refractivity (Wildman–Crippen MR) is 77.6 cm³/mol. The van der Waals surface area contributed by atoms with E-state index in [2.05, 4.69) is 10.2 Å². The first-order valence-corrected chi connectivity index (χ1v) is 9.92. The fraction of sp³-hybridized carbons (Fsp3) is 0.800. The van der Waals surface area contributed by atoms with Gasteiger partial charge in [-0.3, -0.25) is 0 Å². The fourth-order valence-corrected chi connectivity index (χ4v) is 5.60. The molecule has 1 aromatic heterocycles. The molecular weight excluding hydrogens is 307 g/mol. The third-order valence-electron chi connectivity index (χ3n) is 1.95. The molecular formula is C10H19N2O4PS2. The molecule has 19 heavy (non-hydrogen) atoms. The van der Waals surface area contributed by atoms with Crippen LogP contribution in [0.5, 0.6) is 0 Å². The van der Waals surface area contributed by atoms with Crippen LogP contribution in [-0.2, 0) is 30.5 Å². The van der Waals surface area contributed by atoms with Crippen LogP contribution in [0.25, 0.3) is 0 Å². The maximum absolute atomic E-state index is 12.2. The SMILES string of the molecule is CCOP(=O)(OCC)SCc1nnc(CCOC)s1. The highest BCUT2D eigenvalue weighted by Crippen LogP contribution is 2.61. The van der Waals surface area contributed by atoms with Gasteiger partial charge in [0.25, 0.3) is 0 Å². The van der Waals surface area contributed by atoms with E-state index in [9.17, 15) is 4.57 Å². The topological polar surface area (TPSA) is 70.5 Å². The van der Waals surface area contributed by atoms with Crippen LogP contribution in [0.2, 0.25) is 0 Å². The molecule has 0 amide bonds. The zero-order chi connectivity index (χ0) is 14.1. The van der Waals surface area contributed by atoms with Gasteiger partial charge in [-0.15, -0.1) is 21.5 Å². The lowest BCUT2D eigenvalue weighted by Crippen LogP contribution is -1.93. The van der Waals surface area contributed by atoms with Gasteiger partial charge in [0.1, 0.15) is 10.0 Å². The summed E-state index contributed by atoms with van der Waals surface area (Å²) in [7, 11) is 1.65. The van der Waals surface area contributed by atoms with Gasteiger partial charge in [-0.2, -0.15) is 0 Å². The highest BCUT2D eigenvalue weighted by molar-refractivity contribution is 8.54.